The van der Waals surface area contributed by atoms with Crippen LogP contribution in [0.3, 0.4) is 0 Å². The normalized spacial score (nSPS) is 9.71. The highest BCUT2D eigenvalue weighted by Crippen LogP contribution is 2.30. The van der Waals surface area contributed by atoms with Crippen molar-refractivity contribution in [2.75, 3.05) is 0 Å². The molecule has 0 bridgehead atoms. The third-order valence-electron chi connectivity index (χ3n) is 1.99. The van der Waals surface area contributed by atoms with E-state index in [-0.39, 0.29) is 10.9 Å². The van der Waals surface area contributed by atoms with Gasteiger partial charge in [0.05, 0.1) is 5.56 Å². The summed E-state index contributed by atoms with van der Waals surface area (Å²) in [5, 5.41) is 9.05. The molecule has 2 aromatic rings. The average Bonchev–Trinajstić information content (AvgIpc) is 2.32. The topological polar surface area (TPSA) is 45.9 Å². The van der Waals surface area contributed by atoms with Gasteiger partial charge in [-0.05, 0) is 24.3 Å². The lowest BCUT2D eigenvalue weighted by atomic mass is 10.3. The van der Waals surface area contributed by atoms with Gasteiger partial charge in [0.1, 0.15) is 16.8 Å². The molecule has 0 spiro atoms. The van der Waals surface area contributed by atoms with Crippen LogP contribution < -0.4 is 4.74 Å². The molecule has 1 heterocycles. The van der Waals surface area contributed by atoms with E-state index in [1.807, 2.05) is 18.2 Å². The molecular formula is C12H6BrClN2O. The summed E-state index contributed by atoms with van der Waals surface area (Å²) in [6.45, 7) is 0. The summed E-state index contributed by atoms with van der Waals surface area (Å²) >= 11 is 9.31. The number of pyridine rings is 1. The largest absolute Gasteiger partial charge is 0.437 e. The number of hydrogen-bond donors (Lipinski definition) is 0. The zero-order valence-electron chi connectivity index (χ0n) is 8.52. The molecule has 0 unspecified atom stereocenters. The molecule has 0 N–H and O–H groups in total. The minimum Gasteiger partial charge on any atom is -0.437 e. The molecule has 0 aliphatic heterocycles. The Morgan fingerprint density at radius 1 is 1.35 bits per heavy atom. The van der Waals surface area contributed by atoms with Crippen molar-refractivity contribution in [2.45, 2.75) is 0 Å². The maximum absolute atomic E-state index is 8.83. The molecule has 17 heavy (non-hydrogen) atoms. The third-order valence-corrected chi connectivity index (χ3v) is 2.85. The van der Waals surface area contributed by atoms with Crippen LogP contribution in [0.25, 0.3) is 0 Å². The van der Waals surface area contributed by atoms with Crippen molar-refractivity contribution in [1.29, 1.82) is 5.26 Å². The van der Waals surface area contributed by atoms with Crippen molar-refractivity contribution in [3.05, 3.63) is 51.6 Å². The summed E-state index contributed by atoms with van der Waals surface area (Å²) in [5.41, 5.74) is 0.340. The molecule has 0 atom stereocenters. The van der Waals surface area contributed by atoms with Gasteiger partial charge < -0.3 is 4.74 Å². The minimum absolute atomic E-state index is 0.218. The van der Waals surface area contributed by atoms with Crippen molar-refractivity contribution in [1.82, 2.24) is 4.98 Å². The van der Waals surface area contributed by atoms with Gasteiger partial charge in [-0.25, -0.2) is 4.98 Å². The highest BCUT2D eigenvalue weighted by Gasteiger charge is 2.09. The number of hydrogen-bond acceptors (Lipinski definition) is 3. The van der Waals surface area contributed by atoms with Crippen molar-refractivity contribution < 1.29 is 4.74 Å². The smallest absolute Gasteiger partial charge is 0.239 e. The molecule has 0 saturated heterocycles. The fraction of sp³-hybridized carbons (Fsp3) is 0. The second kappa shape index (κ2) is 5.17. The first kappa shape index (κ1) is 11.9. The van der Waals surface area contributed by atoms with Crippen LogP contribution in [0.5, 0.6) is 11.6 Å². The Labute approximate surface area is 112 Å². The van der Waals surface area contributed by atoms with Crippen LogP contribution in [0, 0.1) is 11.3 Å². The average molecular weight is 310 g/mol. The fourth-order valence-electron chi connectivity index (χ4n) is 1.22. The van der Waals surface area contributed by atoms with Crippen molar-refractivity contribution in [2.24, 2.45) is 0 Å². The van der Waals surface area contributed by atoms with E-state index in [9.17, 15) is 0 Å². The zero-order valence-corrected chi connectivity index (χ0v) is 10.9. The lowest BCUT2D eigenvalue weighted by molar-refractivity contribution is 0.463. The van der Waals surface area contributed by atoms with Gasteiger partial charge in [-0.3, -0.25) is 0 Å². The summed E-state index contributed by atoms with van der Waals surface area (Å²) in [6.07, 6.45) is 1.48. The number of aromatic nitrogens is 1. The molecule has 0 radical (unpaired) electrons. The molecule has 5 heteroatoms. The molecule has 1 aromatic heterocycles. The molecule has 2 rings (SSSR count). The maximum atomic E-state index is 8.83. The number of halogens is 2. The first-order valence-corrected chi connectivity index (χ1v) is 5.86. The number of nitriles is 1. The van der Waals surface area contributed by atoms with E-state index in [1.165, 1.54) is 12.3 Å². The van der Waals surface area contributed by atoms with Crippen LogP contribution in [0.2, 0.25) is 5.02 Å². The van der Waals surface area contributed by atoms with Crippen molar-refractivity contribution in [3.63, 3.8) is 0 Å². The molecule has 0 amide bonds. The minimum atomic E-state index is 0.218. The van der Waals surface area contributed by atoms with E-state index in [2.05, 4.69) is 20.9 Å². The summed E-state index contributed by atoms with van der Waals surface area (Å²) in [5.74, 6) is 0.827. The number of ether oxygens (including phenoxy) is 1. The lowest BCUT2D eigenvalue weighted by Gasteiger charge is -2.06. The van der Waals surface area contributed by atoms with Gasteiger partial charge in [-0.15, -0.1) is 0 Å². The molecule has 1 aromatic carbocycles. The van der Waals surface area contributed by atoms with E-state index in [1.54, 1.807) is 12.1 Å². The molecule has 84 valence electrons. The first-order valence-electron chi connectivity index (χ1n) is 4.69. The van der Waals surface area contributed by atoms with Gasteiger partial charge in [0, 0.05) is 10.7 Å². The molecule has 0 aliphatic carbocycles. The molecule has 3 nitrogen and oxygen atoms in total. The van der Waals surface area contributed by atoms with Gasteiger partial charge in [-0.2, -0.15) is 5.26 Å². The van der Waals surface area contributed by atoms with Gasteiger partial charge >= 0.3 is 0 Å². The lowest BCUT2D eigenvalue weighted by Crippen LogP contribution is -1.90. The summed E-state index contributed by atoms with van der Waals surface area (Å²) < 4.78 is 6.40. The van der Waals surface area contributed by atoms with E-state index in [0.717, 1.165) is 4.47 Å². The number of benzene rings is 1. The Morgan fingerprint density at radius 2 is 2.18 bits per heavy atom. The second-order valence-electron chi connectivity index (χ2n) is 3.15. The molecule has 0 fully saturated rings. The van der Waals surface area contributed by atoms with Crippen LogP contribution in [0.4, 0.5) is 0 Å². The zero-order chi connectivity index (χ0) is 12.3. The van der Waals surface area contributed by atoms with Gasteiger partial charge in [-0.1, -0.05) is 33.6 Å². The Morgan fingerprint density at radius 3 is 2.88 bits per heavy atom. The Balaban J connectivity index is 2.34. The van der Waals surface area contributed by atoms with Crippen LogP contribution in [0.1, 0.15) is 5.56 Å². The summed E-state index contributed by atoms with van der Waals surface area (Å²) in [4.78, 5) is 3.99. The Hall–Kier alpha value is -1.57. The Bertz CT molecular complexity index is 595. The van der Waals surface area contributed by atoms with Crippen LogP contribution in [0.15, 0.2) is 41.0 Å². The first-order chi connectivity index (χ1) is 8.20. The Kier molecular flexibility index (Phi) is 3.62. The highest BCUT2D eigenvalue weighted by atomic mass is 79.9. The molecule has 0 saturated carbocycles. The second-order valence-corrected chi connectivity index (χ2v) is 4.44. The summed E-state index contributed by atoms with van der Waals surface area (Å²) in [7, 11) is 0. The predicted molar refractivity (Wildman–Crippen MR) is 68.2 cm³/mol. The molecule has 0 aliphatic rings. The van der Waals surface area contributed by atoms with Crippen LogP contribution in [-0.4, -0.2) is 4.98 Å². The van der Waals surface area contributed by atoms with Gasteiger partial charge in [0.25, 0.3) is 0 Å². The van der Waals surface area contributed by atoms with E-state index in [0.29, 0.717) is 11.3 Å². The van der Waals surface area contributed by atoms with Gasteiger partial charge in [0.15, 0.2) is 0 Å². The van der Waals surface area contributed by atoms with E-state index < -0.39 is 0 Å². The maximum Gasteiger partial charge on any atom is 0.239 e. The van der Waals surface area contributed by atoms with E-state index in [4.69, 9.17) is 21.6 Å². The quantitative estimate of drug-likeness (QED) is 0.836. The number of nitrogens with zero attached hydrogens (tertiary/aromatic N) is 2. The standard InChI is InChI=1S/C12H6BrClN2O/c13-9-2-1-3-10(6-9)17-12-11(14)8(7-15)4-5-16-12/h1-6H. The van der Waals surface area contributed by atoms with Crippen LogP contribution in [-0.2, 0) is 0 Å². The third kappa shape index (κ3) is 2.76. The van der Waals surface area contributed by atoms with Gasteiger partial charge in [0.2, 0.25) is 5.88 Å². The molecular weight excluding hydrogens is 304 g/mol. The summed E-state index contributed by atoms with van der Waals surface area (Å²) in [6, 6.07) is 10.8. The highest BCUT2D eigenvalue weighted by molar-refractivity contribution is 9.10. The van der Waals surface area contributed by atoms with Crippen LogP contribution >= 0.6 is 27.5 Å². The monoisotopic (exact) mass is 308 g/mol. The SMILES string of the molecule is N#Cc1ccnc(Oc2cccc(Br)c2)c1Cl. The van der Waals surface area contributed by atoms with Crippen molar-refractivity contribution >= 4 is 27.5 Å². The predicted octanol–water partition coefficient (Wildman–Crippen LogP) is 4.16. The fourth-order valence-corrected chi connectivity index (χ4v) is 1.80. The van der Waals surface area contributed by atoms with E-state index >= 15 is 0 Å². The number of rotatable bonds is 2. The van der Waals surface area contributed by atoms with Crippen molar-refractivity contribution in [3.8, 4) is 17.7 Å².